The van der Waals surface area contributed by atoms with Crippen LogP contribution in [0.1, 0.15) is 21.6 Å². The highest BCUT2D eigenvalue weighted by Crippen LogP contribution is 2.20. The molecule has 0 unspecified atom stereocenters. The van der Waals surface area contributed by atoms with Crippen molar-refractivity contribution in [3.05, 3.63) is 53.3 Å². The van der Waals surface area contributed by atoms with E-state index in [0.29, 0.717) is 17.2 Å². The predicted octanol–water partition coefficient (Wildman–Crippen LogP) is 1.47. The van der Waals surface area contributed by atoms with Crippen LogP contribution in [0.15, 0.2) is 36.5 Å². The van der Waals surface area contributed by atoms with E-state index in [1.54, 1.807) is 6.20 Å². The Hall–Kier alpha value is -2.47. The van der Waals surface area contributed by atoms with Crippen molar-refractivity contribution in [2.45, 2.75) is 13.2 Å². The Morgan fingerprint density at radius 1 is 1.09 bits per heavy atom. The van der Waals surface area contributed by atoms with Crippen molar-refractivity contribution in [2.24, 2.45) is 0 Å². The minimum Gasteiger partial charge on any atom is -0.455 e. The maximum atomic E-state index is 11.4. The van der Waals surface area contributed by atoms with Gasteiger partial charge < -0.3 is 9.64 Å². The van der Waals surface area contributed by atoms with E-state index in [-0.39, 0.29) is 12.6 Å². The number of ether oxygens (including phenoxy) is 1. The molecule has 2 aliphatic rings. The minimum absolute atomic E-state index is 0.262. The van der Waals surface area contributed by atoms with Crippen LogP contribution in [0.4, 0.5) is 5.95 Å². The van der Waals surface area contributed by atoms with Crippen LogP contribution in [-0.2, 0) is 17.9 Å². The average molecular weight is 310 g/mol. The van der Waals surface area contributed by atoms with E-state index < -0.39 is 0 Å². The number of anilines is 1. The van der Waals surface area contributed by atoms with Gasteiger partial charge in [-0.05, 0) is 5.56 Å². The number of nitrogens with zero attached hydrogens (tertiary/aromatic N) is 4. The van der Waals surface area contributed by atoms with Crippen molar-refractivity contribution in [1.82, 2.24) is 14.9 Å². The third kappa shape index (κ3) is 2.90. The third-order valence-corrected chi connectivity index (χ3v) is 4.32. The molecule has 2 aliphatic heterocycles. The summed E-state index contributed by atoms with van der Waals surface area (Å²) in [5.41, 5.74) is 2.54. The Balaban J connectivity index is 1.39. The fourth-order valence-corrected chi connectivity index (χ4v) is 3.00. The molecule has 6 nitrogen and oxygen atoms in total. The number of piperazine rings is 1. The van der Waals surface area contributed by atoms with Crippen LogP contribution in [-0.4, -0.2) is 47.0 Å². The minimum atomic E-state index is -0.320. The topological polar surface area (TPSA) is 58.6 Å². The molecule has 1 aromatic heterocycles. The van der Waals surface area contributed by atoms with Gasteiger partial charge >= 0.3 is 5.97 Å². The molecule has 0 saturated carbocycles. The fraction of sp³-hybridized carbons (Fsp3) is 0.353. The summed E-state index contributed by atoms with van der Waals surface area (Å²) in [4.78, 5) is 24.9. The Bertz CT molecular complexity index is 712. The molecule has 0 radical (unpaired) electrons. The first-order valence-electron chi connectivity index (χ1n) is 7.84. The van der Waals surface area contributed by atoms with Crippen molar-refractivity contribution in [3.8, 4) is 0 Å². The molecule has 23 heavy (non-hydrogen) atoms. The first-order valence-corrected chi connectivity index (χ1v) is 7.84. The summed E-state index contributed by atoms with van der Waals surface area (Å²) in [6, 6.07) is 10.5. The number of hydrogen-bond donors (Lipinski definition) is 0. The smallest absolute Gasteiger partial charge is 0.342 e. The molecule has 0 atom stereocenters. The molecule has 0 spiro atoms. The van der Waals surface area contributed by atoms with Crippen molar-refractivity contribution in [3.63, 3.8) is 0 Å². The summed E-state index contributed by atoms with van der Waals surface area (Å²) in [5, 5.41) is 0. The number of cyclic esters (lactones) is 1. The van der Waals surface area contributed by atoms with Gasteiger partial charge in [-0.2, -0.15) is 0 Å². The Morgan fingerprint density at radius 3 is 2.65 bits per heavy atom. The van der Waals surface area contributed by atoms with Gasteiger partial charge in [0.2, 0.25) is 5.95 Å². The summed E-state index contributed by atoms with van der Waals surface area (Å²) in [6.07, 6.45) is 1.59. The van der Waals surface area contributed by atoms with Gasteiger partial charge in [-0.25, -0.2) is 14.8 Å². The van der Waals surface area contributed by atoms with E-state index in [9.17, 15) is 4.79 Å². The van der Waals surface area contributed by atoms with Crippen molar-refractivity contribution < 1.29 is 9.53 Å². The Labute approximate surface area is 134 Å². The summed E-state index contributed by atoms with van der Waals surface area (Å²) >= 11 is 0. The van der Waals surface area contributed by atoms with Gasteiger partial charge in [-0.1, -0.05) is 30.3 Å². The second-order valence-corrected chi connectivity index (χ2v) is 5.86. The van der Waals surface area contributed by atoms with Gasteiger partial charge in [0.1, 0.15) is 12.2 Å². The van der Waals surface area contributed by atoms with Crippen LogP contribution in [0.5, 0.6) is 0 Å². The highest BCUT2D eigenvalue weighted by Gasteiger charge is 2.26. The van der Waals surface area contributed by atoms with Crippen LogP contribution in [0.25, 0.3) is 0 Å². The van der Waals surface area contributed by atoms with E-state index in [0.717, 1.165) is 32.7 Å². The lowest BCUT2D eigenvalue weighted by Gasteiger charge is -2.34. The monoisotopic (exact) mass is 310 g/mol. The van der Waals surface area contributed by atoms with E-state index >= 15 is 0 Å². The van der Waals surface area contributed by atoms with E-state index in [4.69, 9.17) is 4.74 Å². The molecular weight excluding hydrogens is 292 g/mol. The van der Waals surface area contributed by atoms with Crippen LogP contribution >= 0.6 is 0 Å². The molecule has 1 saturated heterocycles. The third-order valence-electron chi connectivity index (χ3n) is 4.32. The molecule has 2 aromatic rings. The molecular formula is C17H18N4O2. The SMILES string of the molecule is O=C1OCc2nc(N3CCN(Cc4ccccc4)CC3)ncc21. The van der Waals surface area contributed by atoms with Crippen molar-refractivity contribution in [2.75, 3.05) is 31.1 Å². The second-order valence-electron chi connectivity index (χ2n) is 5.86. The normalized spacial score (nSPS) is 17.9. The van der Waals surface area contributed by atoms with Crippen LogP contribution < -0.4 is 4.90 Å². The zero-order chi connectivity index (χ0) is 15.6. The molecule has 3 heterocycles. The number of hydrogen-bond acceptors (Lipinski definition) is 6. The fourth-order valence-electron chi connectivity index (χ4n) is 3.00. The van der Waals surface area contributed by atoms with Crippen LogP contribution in [0.3, 0.4) is 0 Å². The quantitative estimate of drug-likeness (QED) is 0.800. The lowest BCUT2D eigenvalue weighted by molar-refractivity contribution is 0.0533. The molecule has 1 fully saturated rings. The van der Waals surface area contributed by atoms with Crippen LogP contribution in [0, 0.1) is 0 Å². The standard InChI is InChI=1S/C17H18N4O2/c22-16-14-10-18-17(19-15(14)12-23-16)21-8-6-20(7-9-21)11-13-4-2-1-3-5-13/h1-5,10H,6-9,11-12H2. The average Bonchev–Trinajstić information content (AvgIpc) is 2.97. The number of carbonyl (C=O) groups is 1. The first kappa shape index (κ1) is 14.1. The van der Waals surface area contributed by atoms with E-state index in [1.807, 2.05) is 6.07 Å². The van der Waals surface area contributed by atoms with Gasteiger partial charge in [-0.3, -0.25) is 4.90 Å². The number of benzene rings is 1. The molecule has 1 aromatic carbocycles. The van der Waals surface area contributed by atoms with Gasteiger partial charge in [0.05, 0.1) is 5.69 Å². The van der Waals surface area contributed by atoms with Crippen molar-refractivity contribution in [1.29, 1.82) is 0 Å². The molecule has 0 amide bonds. The summed E-state index contributed by atoms with van der Waals surface area (Å²) < 4.78 is 4.98. The summed E-state index contributed by atoms with van der Waals surface area (Å²) in [5.74, 6) is 0.376. The maximum Gasteiger partial charge on any atom is 0.342 e. The van der Waals surface area contributed by atoms with Gasteiger partial charge in [0.25, 0.3) is 0 Å². The predicted molar refractivity (Wildman–Crippen MR) is 85.1 cm³/mol. The molecule has 0 aliphatic carbocycles. The lowest BCUT2D eigenvalue weighted by Crippen LogP contribution is -2.46. The number of rotatable bonds is 3. The summed E-state index contributed by atoms with van der Waals surface area (Å²) in [7, 11) is 0. The van der Waals surface area contributed by atoms with Crippen LogP contribution in [0.2, 0.25) is 0 Å². The number of fused-ring (bicyclic) bond motifs is 1. The molecule has 4 rings (SSSR count). The maximum absolute atomic E-state index is 11.4. The highest BCUT2D eigenvalue weighted by molar-refractivity contribution is 5.92. The zero-order valence-electron chi connectivity index (χ0n) is 12.8. The molecule has 118 valence electrons. The van der Waals surface area contributed by atoms with E-state index in [1.165, 1.54) is 5.56 Å². The molecule has 0 N–H and O–H groups in total. The lowest BCUT2D eigenvalue weighted by atomic mass is 10.2. The molecule has 0 bridgehead atoms. The van der Waals surface area contributed by atoms with Gasteiger partial charge in [-0.15, -0.1) is 0 Å². The Morgan fingerprint density at radius 2 is 1.87 bits per heavy atom. The highest BCUT2D eigenvalue weighted by atomic mass is 16.5. The largest absolute Gasteiger partial charge is 0.455 e. The summed E-state index contributed by atoms with van der Waals surface area (Å²) in [6.45, 7) is 4.97. The van der Waals surface area contributed by atoms with Gasteiger partial charge in [0, 0.05) is 38.9 Å². The molecule has 6 heteroatoms. The second kappa shape index (κ2) is 5.96. The Kier molecular flexibility index (Phi) is 3.67. The number of carbonyl (C=O) groups excluding carboxylic acids is 1. The van der Waals surface area contributed by atoms with Crippen molar-refractivity contribution >= 4 is 11.9 Å². The van der Waals surface area contributed by atoms with E-state index in [2.05, 4.69) is 44.0 Å². The number of aromatic nitrogens is 2. The number of esters is 1. The zero-order valence-corrected chi connectivity index (χ0v) is 12.8. The van der Waals surface area contributed by atoms with Gasteiger partial charge in [0.15, 0.2) is 0 Å². The first-order chi connectivity index (χ1) is 11.3.